The number of nitrogens with one attached hydrogen (secondary N) is 1. The Kier molecular flexibility index (Phi) is 17.9. The lowest BCUT2D eigenvalue weighted by Gasteiger charge is -2.14. The first-order valence-corrected chi connectivity index (χ1v) is 16.2. The molecule has 0 unspecified atom stereocenters. The van der Waals surface area contributed by atoms with Gasteiger partial charge in [0.15, 0.2) is 34.7 Å². The maximum absolute atomic E-state index is 12.7. The van der Waals surface area contributed by atoms with Crippen molar-refractivity contribution in [2.45, 2.75) is 97.4 Å². The number of halogens is 1. The van der Waals surface area contributed by atoms with Crippen molar-refractivity contribution in [2.24, 2.45) is 0 Å². The van der Waals surface area contributed by atoms with E-state index < -0.39 is 0 Å². The molecule has 8 heteroatoms. The van der Waals surface area contributed by atoms with E-state index in [2.05, 4.69) is 35.3 Å². The highest BCUT2D eigenvalue weighted by Crippen LogP contribution is 2.31. The lowest BCUT2D eigenvalue weighted by Crippen LogP contribution is -3.00. The average molecular weight is 662 g/mol. The molecule has 0 aliphatic carbocycles. The molecule has 0 bridgehead atoms. The van der Waals surface area contributed by atoms with Crippen molar-refractivity contribution in [3.8, 4) is 17.2 Å². The van der Waals surface area contributed by atoms with E-state index >= 15 is 0 Å². The molecule has 3 aromatic rings. The number of nitrogens with zero attached hydrogens (tertiary/aromatic N) is 1. The second-order valence-electron chi connectivity index (χ2n) is 10.6. The molecule has 0 aliphatic rings. The van der Waals surface area contributed by atoms with Gasteiger partial charge in [-0.05, 0) is 30.2 Å². The van der Waals surface area contributed by atoms with Crippen molar-refractivity contribution in [1.29, 1.82) is 0 Å². The van der Waals surface area contributed by atoms with E-state index in [-0.39, 0.29) is 29.5 Å². The Hall–Kier alpha value is -2.58. The summed E-state index contributed by atoms with van der Waals surface area (Å²) in [7, 11) is 1.62. The molecule has 1 heterocycles. The fourth-order valence-corrected chi connectivity index (χ4v) is 5.49. The molecule has 1 N–H and O–H groups in total. The van der Waals surface area contributed by atoms with E-state index in [4.69, 9.17) is 14.2 Å². The molecule has 0 aliphatic heterocycles. The molecule has 42 heavy (non-hydrogen) atoms. The molecule has 0 fully saturated rings. The van der Waals surface area contributed by atoms with Gasteiger partial charge in [0.25, 0.3) is 5.91 Å². The fraction of sp³-hybridized carbons (Fsp3) is 0.529. The number of rotatable bonds is 21. The van der Waals surface area contributed by atoms with Crippen molar-refractivity contribution in [1.82, 2.24) is 4.57 Å². The second-order valence-corrected chi connectivity index (χ2v) is 11.7. The Morgan fingerprint density at radius 2 is 1.55 bits per heavy atom. The van der Waals surface area contributed by atoms with Crippen molar-refractivity contribution in [3.63, 3.8) is 0 Å². The van der Waals surface area contributed by atoms with Gasteiger partial charge in [0, 0.05) is 30.0 Å². The van der Waals surface area contributed by atoms with Crippen LogP contribution in [0.15, 0.2) is 54.0 Å². The Morgan fingerprint density at radius 1 is 0.881 bits per heavy atom. The highest BCUT2D eigenvalue weighted by atomic mass is 79.9. The highest BCUT2D eigenvalue weighted by molar-refractivity contribution is 7.09. The molecule has 3 rings (SSSR count). The van der Waals surface area contributed by atoms with Gasteiger partial charge in [0.05, 0.1) is 20.3 Å². The zero-order valence-corrected chi connectivity index (χ0v) is 28.1. The monoisotopic (exact) mass is 660 g/mol. The van der Waals surface area contributed by atoms with Crippen molar-refractivity contribution in [2.75, 3.05) is 25.6 Å². The zero-order valence-electron chi connectivity index (χ0n) is 25.7. The Balaban J connectivity index is 0.00000616. The molecular formula is C34H49BrN2O4S. The largest absolute Gasteiger partial charge is 1.00 e. The molecule has 0 radical (unpaired) electrons. The summed E-state index contributed by atoms with van der Waals surface area (Å²) in [5, 5.41) is 6.27. The van der Waals surface area contributed by atoms with Gasteiger partial charge in [-0.15, -0.1) is 0 Å². The van der Waals surface area contributed by atoms with Crippen molar-refractivity contribution >= 4 is 22.9 Å². The summed E-state index contributed by atoms with van der Waals surface area (Å²) in [6, 6.07) is 13.3. The van der Waals surface area contributed by atoms with Gasteiger partial charge in [0.2, 0.25) is 0 Å². The molecule has 0 spiro atoms. The summed E-state index contributed by atoms with van der Waals surface area (Å²) >= 11 is 1.70. The lowest BCUT2D eigenvalue weighted by molar-refractivity contribution is -0.118. The first-order chi connectivity index (χ1) is 20.1. The van der Waals surface area contributed by atoms with Crippen LogP contribution in [0.5, 0.6) is 17.2 Å². The van der Waals surface area contributed by atoms with Crippen LogP contribution in [-0.4, -0.2) is 30.8 Å². The summed E-state index contributed by atoms with van der Waals surface area (Å²) < 4.78 is 19.4. The van der Waals surface area contributed by atoms with Crippen LogP contribution in [0.1, 0.15) is 94.5 Å². The highest BCUT2D eigenvalue weighted by Gasteiger charge is 2.12. The van der Waals surface area contributed by atoms with Crippen LogP contribution >= 0.6 is 11.3 Å². The van der Waals surface area contributed by atoms with Gasteiger partial charge < -0.3 is 36.5 Å². The minimum absolute atomic E-state index is 0. The maximum Gasteiger partial charge on any atom is 0.262 e. The third-order valence-electron chi connectivity index (χ3n) is 7.28. The van der Waals surface area contributed by atoms with Crippen LogP contribution in [0, 0.1) is 6.92 Å². The second kappa shape index (κ2) is 21.2. The van der Waals surface area contributed by atoms with Crippen LogP contribution < -0.4 is 36.5 Å². The first-order valence-electron chi connectivity index (χ1n) is 15.4. The van der Waals surface area contributed by atoms with E-state index in [1.54, 1.807) is 24.5 Å². The number of hydrogen-bond donors (Lipinski definition) is 1. The minimum Gasteiger partial charge on any atom is -1.00 e. The predicted molar refractivity (Wildman–Crippen MR) is 171 cm³/mol. The number of amides is 1. The van der Waals surface area contributed by atoms with Gasteiger partial charge >= 0.3 is 0 Å². The van der Waals surface area contributed by atoms with Gasteiger partial charge in [-0.1, -0.05) is 95.8 Å². The van der Waals surface area contributed by atoms with Crippen molar-refractivity contribution < 1.29 is 36.0 Å². The number of thiazole rings is 1. The molecule has 0 atom stereocenters. The Bertz CT molecular complexity index is 1170. The van der Waals surface area contributed by atoms with Crippen LogP contribution in [0.4, 0.5) is 5.69 Å². The summed E-state index contributed by atoms with van der Waals surface area (Å²) in [5.74, 6) is 1.65. The Labute approximate surface area is 267 Å². The number of carbonyl (C=O) groups is 1. The summed E-state index contributed by atoms with van der Waals surface area (Å²) in [4.78, 5) is 12.7. The van der Waals surface area contributed by atoms with Gasteiger partial charge in [-0.2, -0.15) is 0 Å². The van der Waals surface area contributed by atoms with E-state index in [1.807, 2.05) is 36.4 Å². The third-order valence-corrected chi connectivity index (χ3v) is 8.11. The van der Waals surface area contributed by atoms with Crippen LogP contribution in [0.25, 0.3) is 0 Å². The topological polar surface area (TPSA) is 61.7 Å². The average Bonchev–Trinajstić information content (AvgIpc) is 3.39. The number of hydrogen-bond acceptors (Lipinski definition) is 5. The van der Waals surface area contributed by atoms with E-state index in [0.717, 1.165) is 17.7 Å². The van der Waals surface area contributed by atoms with E-state index in [1.165, 1.54) is 75.6 Å². The van der Waals surface area contributed by atoms with Crippen LogP contribution in [-0.2, 0) is 11.3 Å². The number of para-hydroxylation sites is 1. The normalized spacial score (nSPS) is 10.6. The number of carbonyl (C=O) groups excluding carboxylic acids is 1. The SMILES string of the molecule is CCCCCCCCCCCCCCOc1ccc(OCC(=O)Nc2ccccc2Cn2ccs[c+]2C)cc1OC.[Br-]. The van der Waals surface area contributed by atoms with E-state index in [0.29, 0.717) is 30.4 Å². The number of methoxy groups -OCH3 is 1. The first kappa shape index (κ1) is 35.6. The number of benzene rings is 2. The van der Waals surface area contributed by atoms with Gasteiger partial charge in [0.1, 0.15) is 5.75 Å². The zero-order chi connectivity index (χ0) is 29.1. The third kappa shape index (κ3) is 13.2. The Morgan fingerprint density at radius 3 is 2.19 bits per heavy atom. The molecule has 232 valence electrons. The molecule has 1 amide bonds. The maximum atomic E-state index is 12.7. The minimum atomic E-state index is -0.212. The van der Waals surface area contributed by atoms with Gasteiger partial charge in [-0.3, -0.25) is 4.79 Å². The molecular weight excluding hydrogens is 612 g/mol. The molecule has 0 saturated heterocycles. The summed E-state index contributed by atoms with van der Waals surface area (Å²) in [5.41, 5.74) is 1.84. The number of anilines is 1. The van der Waals surface area contributed by atoms with Crippen LogP contribution in [0.3, 0.4) is 0 Å². The quantitative estimate of drug-likeness (QED) is 0.108. The van der Waals surface area contributed by atoms with E-state index in [9.17, 15) is 4.79 Å². The summed E-state index contributed by atoms with van der Waals surface area (Å²) in [6.45, 7) is 5.63. The van der Waals surface area contributed by atoms with Gasteiger partial charge in [-0.25, -0.2) is 4.57 Å². The fourth-order valence-electron chi connectivity index (χ4n) is 4.82. The predicted octanol–water partition coefficient (Wildman–Crippen LogP) is 6.30. The standard InChI is InChI=1S/C34H48N2O4S.BrH/c1-4-5-6-7-8-9-10-11-12-13-14-17-23-39-32-21-20-30(25-33(32)38-3)40-27-34(37)35-31-19-16-15-18-29(31)26-36-22-24-41-28(36)2;/h15-16,18-22,24-25H,4-14,17,23,26-27H2,1-3H3;1H. The molecule has 0 saturated carbocycles. The molecule has 1 aromatic heterocycles. The number of unbranched alkanes of at least 4 members (excludes halogenated alkanes) is 11. The van der Waals surface area contributed by atoms with Crippen molar-refractivity contribution in [3.05, 3.63) is 64.6 Å². The number of aromatic nitrogens is 1. The number of ether oxygens (including phenoxy) is 3. The molecule has 6 nitrogen and oxygen atoms in total. The number of aryl methyl sites for hydroxylation is 1. The lowest BCUT2D eigenvalue weighted by atomic mass is 10.1. The summed E-state index contributed by atoms with van der Waals surface area (Å²) in [6.07, 6.45) is 17.9. The van der Waals surface area contributed by atoms with Crippen LogP contribution in [0.2, 0.25) is 0 Å². The smallest absolute Gasteiger partial charge is 0.262 e. The molecule has 2 aromatic carbocycles.